The van der Waals surface area contributed by atoms with E-state index in [0.717, 1.165) is 6.42 Å². The normalized spacial score (nSPS) is 23.7. The lowest BCUT2D eigenvalue weighted by atomic mass is 9.80. The zero-order valence-electron chi connectivity index (χ0n) is 12.9. The van der Waals surface area contributed by atoms with E-state index >= 15 is 0 Å². The molecule has 0 saturated heterocycles. The molecule has 1 heterocycles. The molecule has 2 atom stereocenters. The van der Waals surface area contributed by atoms with Gasteiger partial charge < -0.3 is 0 Å². The van der Waals surface area contributed by atoms with E-state index in [9.17, 15) is 39.5 Å². The average molecular weight is 566 g/mol. The quantitative estimate of drug-likeness (QED) is 0.214. The Morgan fingerprint density at radius 3 is 2.00 bits per heavy atom. The van der Waals surface area contributed by atoms with Gasteiger partial charge in [0.1, 0.15) is 5.15 Å². The van der Waals surface area contributed by atoms with Crippen LogP contribution in [0, 0.1) is 6.42 Å². The minimum absolute atomic E-state index is 0.112. The average Bonchev–Trinajstić information content (AvgIpc) is 2.51. The zero-order valence-corrected chi connectivity index (χ0v) is 16.9. The highest BCUT2D eigenvalue weighted by atomic mass is 79.9. The molecule has 1 aromatic rings. The van der Waals surface area contributed by atoms with Crippen LogP contribution in [0.2, 0.25) is 5.15 Å². The van der Waals surface area contributed by atoms with Crippen molar-refractivity contribution in [3.05, 3.63) is 57.7 Å². The molecule has 28 heavy (non-hydrogen) atoms. The summed E-state index contributed by atoms with van der Waals surface area (Å²) in [6.45, 7) is 0. The third kappa shape index (κ3) is 3.71. The summed E-state index contributed by atoms with van der Waals surface area (Å²) >= 11 is 11.5. The fourth-order valence-corrected chi connectivity index (χ4v) is 4.56. The number of aromatic nitrogens is 1. The summed E-state index contributed by atoms with van der Waals surface area (Å²) in [5.41, 5.74) is -8.15. The first-order valence-corrected chi connectivity index (χ1v) is 8.90. The highest BCUT2D eigenvalue weighted by Gasteiger charge is 2.82. The van der Waals surface area contributed by atoms with Crippen LogP contribution in [0.1, 0.15) is 5.56 Å². The van der Waals surface area contributed by atoms with Crippen LogP contribution < -0.4 is 0 Å². The van der Waals surface area contributed by atoms with Crippen LogP contribution in [0.15, 0.2) is 40.5 Å². The van der Waals surface area contributed by atoms with Gasteiger partial charge in [-0.1, -0.05) is 55.6 Å². The smallest absolute Gasteiger partial charge is 0.244 e. The summed E-state index contributed by atoms with van der Waals surface area (Å²) in [5.74, 6) is -6.78. The topological polar surface area (TPSA) is 12.9 Å². The molecule has 1 aliphatic carbocycles. The number of rotatable bonds is 3. The summed E-state index contributed by atoms with van der Waals surface area (Å²) in [6, 6.07) is 2.50. The largest absolute Gasteiger partial charge is 0.457 e. The maximum Gasteiger partial charge on any atom is 0.457 e. The van der Waals surface area contributed by atoms with Crippen molar-refractivity contribution in [3.63, 3.8) is 0 Å². The molecule has 1 aliphatic rings. The Morgan fingerprint density at radius 2 is 1.54 bits per heavy atom. The highest BCUT2D eigenvalue weighted by molar-refractivity contribution is 9.12. The Labute approximate surface area is 173 Å². The molecule has 0 aliphatic heterocycles. The highest BCUT2D eigenvalue weighted by Crippen LogP contribution is 2.59. The molecule has 0 saturated carbocycles. The van der Waals surface area contributed by atoms with E-state index in [4.69, 9.17) is 11.6 Å². The monoisotopic (exact) mass is 564 g/mol. The Kier molecular flexibility index (Phi) is 6.04. The molecule has 1 aromatic heterocycles. The van der Waals surface area contributed by atoms with Crippen molar-refractivity contribution in [2.45, 2.75) is 28.3 Å². The van der Waals surface area contributed by atoms with E-state index in [0.29, 0.717) is 0 Å². The second kappa shape index (κ2) is 7.19. The van der Waals surface area contributed by atoms with Crippen molar-refractivity contribution in [1.29, 1.82) is 0 Å². The van der Waals surface area contributed by atoms with Gasteiger partial charge in [-0.05, 0) is 12.1 Å². The molecule has 0 aromatic carbocycles. The van der Waals surface area contributed by atoms with Crippen LogP contribution >= 0.6 is 43.5 Å². The van der Waals surface area contributed by atoms with E-state index in [1.54, 1.807) is 0 Å². The summed E-state index contributed by atoms with van der Waals surface area (Å²) in [7, 11) is 0. The van der Waals surface area contributed by atoms with Gasteiger partial charge in [-0.25, -0.2) is 9.37 Å². The minimum atomic E-state index is -6.82. The first-order valence-electron chi connectivity index (χ1n) is 6.94. The first-order chi connectivity index (χ1) is 12.5. The molecule has 155 valence electrons. The Bertz CT molecular complexity index is 834. The van der Waals surface area contributed by atoms with Gasteiger partial charge in [-0.3, -0.25) is 0 Å². The maximum absolute atomic E-state index is 14.8. The summed E-state index contributed by atoms with van der Waals surface area (Å²) in [4.78, 5) is 3.66. The van der Waals surface area contributed by atoms with Gasteiger partial charge in [0.05, 0.1) is 4.32 Å². The van der Waals surface area contributed by atoms with Crippen molar-refractivity contribution < 1.29 is 39.5 Å². The number of halogens is 12. The van der Waals surface area contributed by atoms with Crippen LogP contribution in [0.3, 0.4) is 0 Å². The van der Waals surface area contributed by atoms with E-state index in [-0.39, 0.29) is 22.9 Å². The van der Waals surface area contributed by atoms with Crippen LogP contribution in [0.4, 0.5) is 39.5 Å². The van der Waals surface area contributed by atoms with Gasteiger partial charge in [0, 0.05) is 28.2 Å². The fraction of sp³-hybridized carbons (Fsp3) is 0.333. The van der Waals surface area contributed by atoms with Crippen molar-refractivity contribution in [2.24, 2.45) is 0 Å². The van der Waals surface area contributed by atoms with Crippen LogP contribution in [0.25, 0.3) is 0 Å². The van der Waals surface area contributed by atoms with Gasteiger partial charge in [-0.2, -0.15) is 35.1 Å². The van der Waals surface area contributed by atoms with Crippen LogP contribution in [0.5, 0.6) is 0 Å². The van der Waals surface area contributed by atoms with Crippen molar-refractivity contribution in [1.82, 2.24) is 4.98 Å². The fourth-order valence-electron chi connectivity index (χ4n) is 2.45. The third-order valence-electron chi connectivity index (χ3n) is 3.76. The molecule has 2 rings (SSSR count). The second-order valence-electron chi connectivity index (χ2n) is 5.61. The van der Waals surface area contributed by atoms with Gasteiger partial charge in [0.25, 0.3) is 0 Å². The lowest BCUT2D eigenvalue weighted by molar-refractivity contribution is -0.371. The van der Waals surface area contributed by atoms with Crippen LogP contribution in [-0.4, -0.2) is 28.9 Å². The lowest BCUT2D eigenvalue weighted by Crippen LogP contribution is -2.63. The Hall–Kier alpha value is -0.750. The van der Waals surface area contributed by atoms with E-state index < -0.39 is 38.3 Å². The summed E-state index contributed by atoms with van der Waals surface area (Å²) in [5, 5.41) is -0.299. The van der Waals surface area contributed by atoms with Crippen molar-refractivity contribution in [3.8, 4) is 0 Å². The summed E-state index contributed by atoms with van der Waals surface area (Å²) in [6.07, 6.45) is -10.7. The van der Waals surface area contributed by atoms with Gasteiger partial charge >= 0.3 is 23.9 Å². The second-order valence-corrected chi connectivity index (χ2v) is 8.20. The van der Waals surface area contributed by atoms with Crippen molar-refractivity contribution in [2.75, 3.05) is 0 Å². The molecule has 1 nitrogen and oxygen atoms in total. The molecular weight excluding hydrogens is 560 g/mol. The molecule has 0 spiro atoms. The number of hydrogen-bond acceptors (Lipinski definition) is 1. The van der Waals surface area contributed by atoms with Crippen molar-refractivity contribution >= 4 is 43.5 Å². The number of alkyl halides is 10. The molecule has 13 heteroatoms. The number of pyridine rings is 1. The Morgan fingerprint density at radius 1 is 0.964 bits per heavy atom. The Balaban J connectivity index is 2.80. The first kappa shape index (κ1) is 23.5. The molecule has 0 amide bonds. The number of nitrogens with zero attached hydrogens (tertiary/aromatic N) is 1. The minimum Gasteiger partial charge on any atom is -0.244 e. The predicted octanol–water partition coefficient (Wildman–Crippen LogP) is 7.22. The molecular formula is C15H6Br2ClF9N. The maximum atomic E-state index is 14.8. The van der Waals surface area contributed by atoms with Gasteiger partial charge in [0.15, 0.2) is 0 Å². The standard InChI is InChI=1S/C15H6Br2ClF9N/c16-8-4-7(5-11(17,6-8)9-2-1-3-28-10(9)18)12(19,14(22,23)24)13(20,21)15(25,26)27/h1-6H. The molecule has 2 unspecified atom stereocenters. The predicted molar refractivity (Wildman–Crippen MR) is 90.1 cm³/mol. The van der Waals surface area contributed by atoms with Gasteiger partial charge in [0.2, 0.25) is 0 Å². The molecule has 1 radical (unpaired) electrons. The van der Waals surface area contributed by atoms with Crippen LogP contribution in [-0.2, 0) is 4.32 Å². The number of hydrogen-bond donors (Lipinski definition) is 0. The molecule has 0 N–H and O–H groups in total. The van der Waals surface area contributed by atoms with E-state index in [2.05, 4.69) is 36.8 Å². The SMILES string of the molecule is FC(F)(F)C(F)(F)C(F)(C1=CC(Br)(c2cccnc2Cl)[CH]C(Br)=C1)C(F)(F)F. The summed E-state index contributed by atoms with van der Waals surface area (Å²) < 4.78 is 118. The molecule has 0 bridgehead atoms. The van der Waals surface area contributed by atoms with Gasteiger partial charge in [-0.15, -0.1) is 0 Å². The third-order valence-corrected chi connectivity index (χ3v) is 5.40. The lowest BCUT2D eigenvalue weighted by Gasteiger charge is -2.39. The zero-order chi connectivity index (χ0) is 21.8. The van der Waals surface area contributed by atoms with E-state index in [1.807, 2.05) is 0 Å². The number of allylic oxidation sites excluding steroid dienone is 4. The van der Waals surface area contributed by atoms with E-state index in [1.165, 1.54) is 18.3 Å². The molecule has 0 fully saturated rings.